The Balaban J connectivity index is 1.95. The van der Waals surface area contributed by atoms with E-state index >= 15 is 0 Å². The summed E-state index contributed by atoms with van der Waals surface area (Å²) in [5, 5.41) is 0.698. The fourth-order valence-corrected chi connectivity index (χ4v) is 2.37. The second-order valence-electron chi connectivity index (χ2n) is 4.88. The summed E-state index contributed by atoms with van der Waals surface area (Å²) in [5.74, 6) is 0. The minimum atomic E-state index is -0.00960. The molecule has 3 rings (SSSR count). The number of nitrogens with zero attached hydrogens (tertiary/aromatic N) is 1. The molecule has 3 aromatic rings. The fraction of sp³-hybridized carbons (Fsp3) is 0.0556. The molecule has 0 spiro atoms. The van der Waals surface area contributed by atoms with E-state index in [1.54, 1.807) is 10.6 Å². The molecule has 3 heteroatoms. The van der Waals surface area contributed by atoms with Crippen LogP contribution in [0.15, 0.2) is 77.7 Å². The lowest BCUT2D eigenvalue weighted by Gasteiger charge is -2.09. The van der Waals surface area contributed by atoms with Crippen LogP contribution < -0.4 is 5.56 Å². The Morgan fingerprint density at radius 2 is 1.52 bits per heavy atom. The lowest BCUT2D eigenvalue weighted by Crippen LogP contribution is -2.19. The number of pyridine rings is 1. The van der Waals surface area contributed by atoms with Crippen molar-refractivity contribution in [3.63, 3.8) is 0 Å². The van der Waals surface area contributed by atoms with Crippen molar-refractivity contribution in [3.05, 3.63) is 93.9 Å². The van der Waals surface area contributed by atoms with Gasteiger partial charge in [-0.2, -0.15) is 0 Å². The zero-order valence-corrected chi connectivity index (χ0v) is 12.1. The van der Waals surface area contributed by atoms with Crippen molar-refractivity contribution in [3.8, 4) is 11.1 Å². The molecular weight excluding hydrogens is 282 g/mol. The van der Waals surface area contributed by atoms with E-state index in [1.165, 1.54) is 0 Å². The van der Waals surface area contributed by atoms with Gasteiger partial charge in [-0.1, -0.05) is 54.1 Å². The molecule has 1 aromatic heterocycles. The van der Waals surface area contributed by atoms with Crippen LogP contribution in [0, 0.1) is 0 Å². The van der Waals surface area contributed by atoms with E-state index in [9.17, 15) is 4.79 Å². The average molecular weight is 296 g/mol. The summed E-state index contributed by atoms with van der Waals surface area (Å²) in [7, 11) is 0. The van der Waals surface area contributed by atoms with E-state index in [4.69, 9.17) is 11.6 Å². The third kappa shape index (κ3) is 3.23. The molecule has 0 aliphatic rings. The van der Waals surface area contributed by atoms with E-state index in [-0.39, 0.29) is 5.56 Å². The van der Waals surface area contributed by atoms with Gasteiger partial charge in [0.15, 0.2) is 0 Å². The van der Waals surface area contributed by atoms with Gasteiger partial charge in [0.05, 0.1) is 6.54 Å². The van der Waals surface area contributed by atoms with Crippen molar-refractivity contribution in [2.75, 3.05) is 0 Å². The monoisotopic (exact) mass is 295 g/mol. The molecule has 0 atom stereocenters. The summed E-state index contributed by atoms with van der Waals surface area (Å²) in [6.45, 7) is 0.538. The van der Waals surface area contributed by atoms with Crippen LogP contribution >= 0.6 is 11.6 Å². The van der Waals surface area contributed by atoms with Gasteiger partial charge < -0.3 is 4.57 Å². The Morgan fingerprint density at radius 1 is 0.810 bits per heavy atom. The number of benzene rings is 2. The van der Waals surface area contributed by atoms with Gasteiger partial charge in [-0.25, -0.2) is 0 Å². The summed E-state index contributed by atoms with van der Waals surface area (Å²) >= 11 is 5.88. The van der Waals surface area contributed by atoms with Crippen molar-refractivity contribution in [1.82, 2.24) is 4.57 Å². The number of rotatable bonds is 3. The van der Waals surface area contributed by atoms with Crippen LogP contribution in [-0.2, 0) is 6.54 Å². The molecule has 0 amide bonds. The highest BCUT2D eigenvalue weighted by Crippen LogP contribution is 2.17. The highest BCUT2D eigenvalue weighted by Gasteiger charge is 2.02. The molecule has 0 aliphatic heterocycles. The Kier molecular flexibility index (Phi) is 3.89. The van der Waals surface area contributed by atoms with Gasteiger partial charge in [-0.05, 0) is 34.9 Å². The van der Waals surface area contributed by atoms with Crippen LogP contribution in [0.25, 0.3) is 11.1 Å². The first-order chi connectivity index (χ1) is 10.2. The summed E-state index contributed by atoms with van der Waals surface area (Å²) in [6.07, 6.45) is 1.90. The average Bonchev–Trinajstić information content (AvgIpc) is 2.52. The molecule has 21 heavy (non-hydrogen) atoms. The topological polar surface area (TPSA) is 22.0 Å². The van der Waals surface area contributed by atoms with Gasteiger partial charge >= 0.3 is 0 Å². The second kappa shape index (κ2) is 5.98. The van der Waals surface area contributed by atoms with Gasteiger partial charge in [0.1, 0.15) is 0 Å². The summed E-state index contributed by atoms with van der Waals surface area (Å²) in [4.78, 5) is 12.0. The predicted octanol–water partition coefficient (Wildman–Crippen LogP) is 4.22. The van der Waals surface area contributed by atoms with Crippen molar-refractivity contribution in [1.29, 1.82) is 0 Å². The van der Waals surface area contributed by atoms with E-state index in [1.807, 2.05) is 66.9 Å². The normalized spacial score (nSPS) is 10.5. The largest absolute Gasteiger partial charge is 0.310 e. The standard InChI is InChI=1S/C18H14ClNO/c19-17-9-6-14(7-10-17)12-20-13-16(8-11-18(20)21)15-4-2-1-3-5-15/h1-11,13H,12H2. The number of hydrogen-bond acceptors (Lipinski definition) is 1. The quantitative estimate of drug-likeness (QED) is 0.709. The molecule has 104 valence electrons. The van der Waals surface area contributed by atoms with Gasteiger partial charge in [0, 0.05) is 17.3 Å². The van der Waals surface area contributed by atoms with Gasteiger partial charge in [-0.15, -0.1) is 0 Å². The number of hydrogen-bond donors (Lipinski definition) is 0. The van der Waals surface area contributed by atoms with Gasteiger partial charge in [0.25, 0.3) is 5.56 Å². The predicted molar refractivity (Wildman–Crippen MR) is 86.7 cm³/mol. The highest BCUT2D eigenvalue weighted by molar-refractivity contribution is 6.30. The zero-order valence-electron chi connectivity index (χ0n) is 11.4. The van der Waals surface area contributed by atoms with Crippen molar-refractivity contribution < 1.29 is 0 Å². The summed E-state index contributed by atoms with van der Waals surface area (Å²) in [5.41, 5.74) is 3.17. The third-order valence-electron chi connectivity index (χ3n) is 3.36. The Labute approximate surface area is 128 Å². The first-order valence-corrected chi connectivity index (χ1v) is 7.10. The maximum absolute atomic E-state index is 12.0. The Hall–Kier alpha value is -2.32. The molecule has 0 saturated carbocycles. The zero-order chi connectivity index (χ0) is 14.7. The van der Waals surface area contributed by atoms with Gasteiger partial charge in [-0.3, -0.25) is 4.79 Å². The van der Waals surface area contributed by atoms with E-state index in [0.717, 1.165) is 16.7 Å². The van der Waals surface area contributed by atoms with Crippen molar-refractivity contribution in [2.45, 2.75) is 6.54 Å². The number of halogens is 1. The Morgan fingerprint density at radius 3 is 2.24 bits per heavy atom. The molecule has 2 aromatic carbocycles. The molecule has 0 bridgehead atoms. The molecule has 0 radical (unpaired) electrons. The minimum absolute atomic E-state index is 0.00960. The fourth-order valence-electron chi connectivity index (χ4n) is 2.24. The lowest BCUT2D eigenvalue weighted by molar-refractivity contribution is 0.761. The van der Waals surface area contributed by atoms with Crippen LogP contribution in [0.3, 0.4) is 0 Å². The first kappa shape index (κ1) is 13.7. The summed E-state index contributed by atoms with van der Waals surface area (Å²) < 4.78 is 1.71. The molecule has 0 fully saturated rings. The molecule has 0 unspecified atom stereocenters. The SMILES string of the molecule is O=c1ccc(-c2ccccc2)cn1Cc1ccc(Cl)cc1. The molecule has 0 N–H and O–H groups in total. The first-order valence-electron chi connectivity index (χ1n) is 6.73. The van der Waals surface area contributed by atoms with E-state index in [2.05, 4.69) is 0 Å². The Bertz CT molecular complexity index is 791. The lowest BCUT2D eigenvalue weighted by atomic mass is 10.1. The van der Waals surface area contributed by atoms with Crippen LogP contribution in [0.5, 0.6) is 0 Å². The van der Waals surface area contributed by atoms with E-state index < -0.39 is 0 Å². The van der Waals surface area contributed by atoms with Crippen LogP contribution in [0.2, 0.25) is 5.02 Å². The minimum Gasteiger partial charge on any atom is -0.310 e. The van der Waals surface area contributed by atoms with Gasteiger partial charge in [0.2, 0.25) is 0 Å². The number of aromatic nitrogens is 1. The van der Waals surface area contributed by atoms with Crippen LogP contribution in [-0.4, -0.2) is 4.57 Å². The maximum Gasteiger partial charge on any atom is 0.250 e. The molecular formula is C18H14ClNO. The van der Waals surface area contributed by atoms with Crippen molar-refractivity contribution in [2.24, 2.45) is 0 Å². The van der Waals surface area contributed by atoms with E-state index in [0.29, 0.717) is 11.6 Å². The van der Waals surface area contributed by atoms with Crippen molar-refractivity contribution >= 4 is 11.6 Å². The van der Waals surface area contributed by atoms with Crippen LogP contribution in [0.4, 0.5) is 0 Å². The van der Waals surface area contributed by atoms with Crippen LogP contribution in [0.1, 0.15) is 5.56 Å². The molecule has 0 aliphatic carbocycles. The molecule has 0 saturated heterocycles. The smallest absolute Gasteiger partial charge is 0.250 e. The molecule has 1 heterocycles. The second-order valence-corrected chi connectivity index (χ2v) is 5.31. The summed E-state index contributed by atoms with van der Waals surface area (Å²) in [6, 6.07) is 21.0. The molecule has 2 nitrogen and oxygen atoms in total. The maximum atomic E-state index is 12.0. The highest BCUT2D eigenvalue weighted by atomic mass is 35.5. The third-order valence-corrected chi connectivity index (χ3v) is 3.61.